The van der Waals surface area contributed by atoms with Gasteiger partial charge in [0, 0.05) is 21.3 Å². The van der Waals surface area contributed by atoms with Crippen LogP contribution in [0, 0.1) is 13.7 Å². The second kappa shape index (κ2) is 9.49. The Morgan fingerprint density at radius 1 is 1.12 bits per heavy atom. The summed E-state index contributed by atoms with van der Waals surface area (Å²) in [6, 6.07) is 19.0. The number of nitro benzene ring substituents is 1. The molecule has 0 saturated heterocycles. The number of carbonyl (C=O) groups excluding carboxylic acids is 1. The number of carbonyl (C=O) groups is 1. The van der Waals surface area contributed by atoms with Crippen molar-refractivity contribution in [3.63, 3.8) is 0 Å². The lowest BCUT2D eigenvalue weighted by molar-refractivity contribution is -0.384. The van der Waals surface area contributed by atoms with Crippen LogP contribution in [0.5, 0.6) is 5.75 Å². The van der Waals surface area contributed by atoms with E-state index in [0.29, 0.717) is 17.9 Å². The fourth-order valence-electron chi connectivity index (χ4n) is 2.94. The Labute approximate surface area is 201 Å². The monoisotopic (exact) mass is 560 g/mol. The largest absolute Gasteiger partial charge is 0.489 e. The Kier molecular flexibility index (Phi) is 6.52. The molecule has 3 aromatic rings. The molecule has 0 radical (unpaired) electrons. The highest BCUT2D eigenvalue weighted by Crippen LogP contribution is 2.27. The molecule has 1 aliphatic heterocycles. The van der Waals surface area contributed by atoms with E-state index in [9.17, 15) is 14.9 Å². The molecule has 1 aliphatic rings. The van der Waals surface area contributed by atoms with Gasteiger partial charge in [-0.2, -0.15) is 0 Å². The average Bonchev–Trinajstić information content (AvgIpc) is 3.13. The molecule has 0 amide bonds. The van der Waals surface area contributed by atoms with Gasteiger partial charge in [0.15, 0.2) is 5.70 Å². The molecule has 1 heterocycles. The molecule has 160 valence electrons. The van der Waals surface area contributed by atoms with E-state index in [-0.39, 0.29) is 27.9 Å². The van der Waals surface area contributed by atoms with Gasteiger partial charge in [-0.3, -0.25) is 10.1 Å². The van der Waals surface area contributed by atoms with E-state index in [1.165, 1.54) is 18.2 Å². The molecule has 0 bridgehead atoms. The summed E-state index contributed by atoms with van der Waals surface area (Å²) in [6.45, 7) is 0.411. The zero-order valence-electron chi connectivity index (χ0n) is 16.3. The molecular weight excluding hydrogens is 547 g/mol. The van der Waals surface area contributed by atoms with Gasteiger partial charge in [0.2, 0.25) is 5.90 Å². The van der Waals surface area contributed by atoms with E-state index in [1.54, 1.807) is 24.3 Å². The highest BCUT2D eigenvalue weighted by Gasteiger charge is 2.27. The number of halogens is 2. The van der Waals surface area contributed by atoms with Crippen molar-refractivity contribution < 1.29 is 19.2 Å². The maximum atomic E-state index is 12.3. The van der Waals surface area contributed by atoms with Gasteiger partial charge in [0.05, 0.1) is 15.5 Å². The van der Waals surface area contributed by atoms with E-state index >= 15 is 0 Å². The quantitative estimate of drug-likeness (QED) is 0.125. The van der Waals surface area contributed by atoms with Crippen molar-refractivity contribution in [2.45, 2.75) is 6.61 Å². The summed E-state index contributed by atoms with van der Waals surface area (Å²) >= 11 is 8.38. The molecule has 9 heteroatoms. The summed E-state index contributed by atoms with van der Waals surface area (Å²) in [5.74, 6) is -0.120. The molecule has 0 N–H and O–H groups in total. The summed E-state index contributed by atoms with van der Waals surface area (Å²) in [7, 11) is 0. The lowest BCUT2D eigenvalue weighted by atomic mass is 10.2. The van der Waals surface area contributed by atoms with Gasteiger partial charge >= 0.3 is 5.97 Å². The SMILES string of the molecule is O=C1OC(c2cc([N+](=O)[O-])ccc2Cl)=N/C1=C\c1cccc(OCc2ccccc2I)c1. The fourth-order valence-corrected chi connectivity index (χ4v) is 3.69. The van der Waals surface area contributed by atoms with Gasteiger partial charge < -0.3 is 9.47 Å². The minimum absolute atomic E-state index is 0.0531. The summed E-state index contributed by atoms with van der Waals surface area (Å²) in [6.07, 6.45) is 1.56. The van der Waals surface area contributed by atoms with Crippen LogP contribution in [-0.2, 0) is 16.1 Å². The highest BCUT2D eigenvalue weighted by molar-refractivity contribution is 14.1. The number of rotatable bonds is 6. The predicted molar refractivity (Wildman–Crippen MR) is 129 cm³/mol. The van der Waals surface area contributed by atoms with Crippen LogP contribution < -0.4 is 4.74 Å². The Morgan fingerprint density at radius 2 is 1.94 bits per heavy atom. The fraction of sp³-hybridized carbons (Fsp3) is 0.0435. The third-order valence-corrected chi connectivity index (χ3v) is 5.91. The molecule has 32 heavy (non-hydrogen) atoms. The number of esters is 1. The zero-order chi connectivity index (χ0) is 22.7. The van der Waals surface area contributed by atoms with Crippen molar-refractivity contribution in [2.24, 2.45) is 4.99 Å². The standard InChI is InChI=1S/C23H14ClIN2O5/c24-19-9-8-16(27(29)30)12-18(19)22-26-21(23(28)32-22)11-14-4-3-6-17(10-14)31-13-15-5-1-2-7-20(15)25/h1-12H,13H2/b21-11-. The van der Waals surface area contributed by atoms with Crippen molar-refractivity contribution in [3.8, 4) is 5.75 Å². The Hall–Kier alpha value is -3.24. The van der Waals surface area contributed by atoms with Crippen molar-refractivity contribution in [1.82, 2.24) is 0 Å². The number of non-ortho nitro benzene ring substituents is 1. The second-order valence-electron chi connectivity index (χ2n) is 6.71. The molecule has 7 nitrogen and oxygen atoms in total. The van der Waals surface area contributed by atoms with Gasteiger partial charge in [-0.15, -0.1) is 0 Å². The maximum Gasteiger partial charge on any atom is 0.363 e. The van der Waals surface area contributed by atoms with Gasteiger partial charge in [-0.1, -0.05) is 41.9 Å². The van der Waals surface area contributed by atoms with Crippen LogP contribution in [0.4, 0.5) is 5.69 Å². The van der Waals surface area contributed by atoms with E-state index in [2.05, 4.69) is 27.6 Å². The second-order valence-corrected chi connectivity index (χ2v) is 8.28. The topological polar surface area (TPSA) is 91.0 Å². The first kappa shape index (κ1) is 22.0. The van der Waals surface area contributed by atoms with Crippen molar-refractivity contribution in [1.29, 1.82) is 0 Å². The predicted octanol–water partition coefficient (Wildman–Crippen LogP) is 5.78. The van der Waals surface area contributed by atoms with Crippen molar-refractivity contribution in [3.05, 3.63) is 108 Å². The lowest BCUT2D eigenvalue weighted by Gasteiger charge is -2.08. The molecule has 0 saturated carbocycles. The van der Waals surface area contributed by atoms with Crippen molar-refractivity contribution in [2.75, 3.05) is 0 Å². The van der Waals surface area contributed by atoms with Crippen LogP contribution in [0.3, 0.4) is 0 Å². The number of ether oxygens (including phenoxy) is 2. The van der Waals surface area contributed by atoms with Crippen LogP contribution in [0.25, 0.3) is 6.08 Å². The smallest absolute Gasteiger partial charge is 0.363 e. The normalized spacial score (nSPS) is 14.2. The lowest BCUT2D eigenvalue weighted by Crippen LogP contribution is -2.06. The summed E-state index contributed by atoms with van der Waals surface area (Å²) in [5.41, 5.74) is 1.80. The summed E-state index contributed by atoms with van der Waals surface area (Å²) in [5, 5.41) is 11.2. The molecule has 4 rings (SSSR count). The maximum absolute atomic E-state index is 12.3. The van der Waals surface area contributed by atoms with Gasteiger partial charge in [-0.05, 0) is 58.5 Å². The third-order valence-electron chi connectivity index (χ3n) is 4.53. The molecule has 0 spiro atoms. The molecule has 3 aromatic carbocycles. The number of nitrogens with zero attached hydrogens (tertiary/aromatic N) is 2. The van der Waals surface area contributed by atoms with Crippen molar-refractivity contribution >= 4 is 57.8 Å². The minimum Gasteiger partial charge on any atom is -0.489 e. The average molecular weight is 561 g/mol. The Balaban J connectivity index is 1.56. The number of benzene rings is 3. The molecular formula is C23H14ClIN2O5. The molecule has 0 aliphatic carbocycles. The molecule has 0 unspecified atom stereocenters. The van der Waals surface area contributed by atoms with Crippen LogP contribution in [0.2, 0.25) is 5.02 Å². The number of nitro groups is 1. The first-order valence-electron chi connectivity index (χ1n) is 9.34. The van der Waals surface area contributed by atoms with E-state index < -0.39 is 10.9 Å². The molecule has 0 atom stereocenters. The number of hydrogen-bond acceptors (Lipinski definition) is 6. The zero-order valence-corrected chi connectivity index (χ0v) is 19.2. The summed E-state index contributed by atoms with van der Waals surface area (Å²) in [4.78, 5) is 27.0. The van der Waals surface area contributed by atoms with Crippen LogP contribution in [0.1, 0.15) is 16.7 Å². The number of aliphatic imine (C=N–C) groups is 1. The van der Waals surface area contributed by atoms with E-state index in [4.69, 9.17) is 21.1 Å². The van der Waals surface area contributed by atoms with E-state index in [0.717, 1.165) is 9.13 Å². The molecule has 0 aromatic heterocycles. The Morgan fingerprint density at radius 3 is 2.72 bits per heavy atom. The Bertz CT molecular complexity index is 1290. The van der Waals surface area contributed by atoms with Crippen LogP contribution >= 0.6 is 34.2 Å². The number of hydrogen-bond donors (Lipinski definition) is 0. The van der Waals surface area contributed by atoms with Crippen LogP contribution in [0.15, 0.2) is 77.4 Å². The van der Waals surface area contributed by atoms with Gasteiger partial charge in [-0.25, -0.2) is 9.79 Å². The van der Waals surface area contributed by atoms with Crippen LogP contribution in [-0.4, -0.2) is 16.8 Å². The van der Waals surface area contributed by atoms with Gasteiger partial charge in [0.1, 0.15) is 12.4 Å². The minimum atomic E-state index is -0.673. The third kappa shape index (κ3) is 4.97. The number of cyclic esters (lactones) is 1. The summed E-state index contributed by atoms with van der Waals surface area (Å²) < 4.78 is 12.2. The molecule has 0 fully saturated rings. The van der Waals surface area contributed by atoms with E-state index in [1.807, 2.05) is 30.3 Å². The first-order valence-corrected chi connectivity index (χ1v) is 10.8. The first-order chi connectivity index (χ1) is 15.4. The highest BCUT2D eigenvalue weighted by atomic mass is 127. The van der Waals surface area contributed by atoms with Gasteiger partial charge in [0.25, 0.3) is 5.69 Å².